The quantitative estimate of drug-likeness (QED) is 0.730. The minimum Gasteiger partial charge on any atom is -0.493 e. The molecule has 6 heteroatoms. The topological polar surface area (TPSA) is 83.2 Å². The highest BCUT2D eigenvalue weighted by atomic mass is 16.5. The molecule has 0 saturated heterocycles. The second kappa shape index (κ2) is 7.14. The largest absolute Gasteiger partial charge is 0.493 e. The van der Waals surface area contributed by atoms with Gasteiger partial charge in [-0.3, -0.25) is 20.4 Å². The molecule has 21 heavy (non-hydrogen) atoms. The average Bonchev–Trinajstić information content (AvgIpc) is 3.01. The van der Waals surface area contributed by atoms with Gasteiger partial charge in [-0.2, -0.15) is 0 Å². The maximum Gasteiger partial charge on any atom is 0.286 e. The highest BCUT2D eigenvalue weighted by Crippen LogP contribution is 2.15. The van der Waals surface area contributed by atoms with Gasteiger partial charge in [-0.1, -0.05) is 18.2 Å². The van der Waals surface area contributed by atoms with Crippen molar-refractivity contribution in [3.8, 4) is 5.75 Å². The SMILES string of the molecule is Cc1ccccc1OCCC(=O)NNC(=O)c1ccc[nH]1. The molecular formula is C15H17N3O3. The third kappa shape index (κ3) is 4.38. The molecule has 3 N–H and O–H groups in total. The first-order chi connectivity index (χ1) is 10.2. The molecule has 0 aliphatic heterocycles. The van der Waals surface area contributed by atoms with Crippen molar-refractivity contribution in [2.75, 3.05) is 6.61 Å². The van der Waals surface area contributed by atoms with E-state index in [0.717, 1.165) is 11.3 Å². The number of carbonyl (C=O) groups is 2. The van der Waals surface area contributed by atoms with Crippen LogP contribution in [0, 0.1) is 6.92 Å². The molecule has 2 rings (SSSR count). The number of nitrogens with one attached hydrogen (secondary N) is 3. The number of carbonyl (C=O) groups excluding carboxylic acids is 2. The van der Waals surface area contributed by atoms with Crippen molar-refractivity contribution in [3.63, 3.8) is 0 Å². The molecule has 0 unspecified atom stereocenters. The van der Waals surface area contributed by atoms with Gasteiger partial charge in [0.15, 0.2) is 0 Å². The van der Waals surface area contributed by atoms with Crippen LogP contribution in [0.1, 0.15) is 22.5 Å². The maximum absolute atomic E-state index is 11.6. The molecular weight excluding hydrogens is 270 g/mol. The van der Waals surface area contributed by atoms with Gasteiger partial charge in [0.2, 0.25) is 5.91 Å². The first-order valence-electron chi connectivity index (χ1n) is 6.58. The lowest BCUT2D eigenvalue weighted by molar-refractivity contribution is -0.122. The number of para-hydroxylation sites is 1. The van der Waals surface area contributed by atoms with E-state index < -0.39 is 5.91 Å². The molecule has 1 aromatic heterocycles. The minimum absolute atomic E-state index is 0.152. The molecule has 0 radical (unpaired) electrons. The van der Waals surface area contributed by atoms with Crippen molar-refractivity contribution in [1.29, 1.82) is 0 Å². The number of hydrogen-bond donors (Lipinski definition) is 3. The lowest BCUT2D eigenvalue weighted by Crippen LogP contribution is -2.42. The summed E-state index contributed by atoms with van der Waals surface area (Å²) in [4.78, 5) is 25.9. The zero-order chi connectivity index (χ0) is 15.1. The Morgan fingerprint density at radius 3 is 2.67 bits per heavy atom. The Kier molecular flexibility index (Phi) is 4.98. The summed E-state index contributed by atoms with van der Waals surface area (Å²) in [6.07, 6.45) is 1.78. The van der Waals surface area contributed by atoms with Crippen molar-refractivity contribution in [1.82, 2.24) is 15.8 Å². The molecule has 0 atom stereocenters. The summed E-state index contributed by atoms with van der Waals surface area (Å²) < 4.78 is 5.51. The molecule has 1 aromatic carbocycles. The number of H-pyrrole nitrogens is 1. The number of hydrogen-bond acceptors (Lipinski definition) is 3. The van der Waals surface area contributed by atoms with Crippen molar-refractivity contribution >= 4 is 11.8 Å². The van der Waals surface area contributed by atoms with Gasteiger partial charge >= 0.3 is 0 Å². The summed E-state index contributed by atoms with van der Waals surface area (Å²) in [5.74, 6) is 0.0392. The highest BCUT2D eigenvalue weighted by Gasteiger charge is 2.08. The van der Waals surface area contributed by atoms with Crippen LogP contribution in [0.2, 0.25) is 0 Å². The number of amides is 2. The average molecular weight is 287 g/mol. The smallest absolute Gasteiger partial charge is 0.286 e. The Balaban J connectivity index is 1.68. The molecule has 0 spiro atoms. The van der Waals surface area contributed by atoms with Crippen LogP contribution >= 0.6 is 0 Å². The monoisotopic (exact) mass is 287 g/mol. The number of hydrazine groups is 1. The van der Waals surface area contributed by atoms with Crippen LogP contribution in [-0.2, 0) is 4.79 Å². The van der Waals surface area contributed by atoms with Crippen LogP contribution in [0.25, 0.3) is 0 Å². The van der Waals surface area contributed by atoms with Crippen molar-refractivity contribution in [2.24, 2.45) is 0 Å². The van der Waals surface area contributed by atoms with E-state index in [2.05, 4.69) is 15.8 Å². The lowest BCUT2D eigenvalue weighted by atomic mass is 10.2. The fourth-order valence-electron chi connectivity index (χ4n) is 1.70. The molecule has 2 aromatic rings. The predicted molar refractivity (Wildman–Crippen MR) is 77.7 cm³/mol. The van der Waals surface area contributed by atoms with Gasteiger partial charge in [-0.15, -0.1) is 0 Å². The summed E-state index contributed by atoms with van der Waals surface area (Å²) in [5, 5.41) is 0. The number of aromatic amines is 1. The van der Waals surface area contributed by atoms with E-state index in [4.69, 9.17) is 4.74 Å². The van der Waals surface area contributed by atoms with E-state index in [-0.39, 0.29) is 18.9 Å². The fraction of sp³-hybridized carbons (Fsp3) is 0.200. The second-order valence-corrected chi connectivity index (χ2v) is 4.45. The van der Waals surface area contributed by atoms with Crippen molar-refractivity contribution in [3.05, 3.63) is 53.9 Å². The van der Waals surface area contributed by atoms with Gasteiger partial charge in [0, 0.05) is 6.20 Å². The van der Waals surface area contributed by atoms with E-state index in [1.807, 2.05) is 31.2 Å². The van der Waals surface area contributed by atoms with E-state index in [0.29, 0.717) is 5.69 Å². The summed E-state index contributed by atoms with van der Waals surface area (Å²) >= 11 is 0. The Morgan fingerprint density at radius 1 is 1.14 bits per heavy atom. The van der Waals surface area contributed by atoms with Gasteiger partial charge in [0.1, 0.15) is 11.4 Å². The maximum atomic E-state index is 11.6. The zero-order valence-corrected chi connectivity index (χ0v) is 11.7. The third-order valence-corrected chi connectivity index (χ3v) is 2.84. The normalized spacial score (nSPS) is 9.95. The summed E-state index contributed by atoms with van der Waals surface area (Å²) in [5.41, 5.74) is 6.05. The van der Waals surface area contributed by atoms with Crippen LogP contribution < -0.4 is 15.6 Å². The third-order valence-electron chi connectivity index (χ3n) is 2.84. The van der Waals surface area contributed by atoms with Gasteiger partial charge in [0.25, 0.3) is 5.91 Å². The van der Waals surface area contributed by atoms with Crippen LogP contribution in [0.3, 0.4) is 0 Å². The van der Waals surface area contributed by atoms with Crippen LogP contribution in [-0.4, -0.2) is 23.4 Å². The molecule has 1 heterocycles. The number of rotatable bonds is 5. The summed E-state index contributed by atoms with van der Waals surface area (Å²) in [7, 11) is 0. The van der Waals surface area contributed by atoms with E-state index in [1.54, 1.807) is 18.3 Å². The van der Waals surface area contributed by atoms with E-state index in [9.17, 15) is 9.59 Å². The molecule has 0 fully saturated rings. The summed E-state index contributed by atoms with van der Waals surface area (Å²) in [6.45, 7) is 2.18. The number of aromatic nitrogens is 1. The highest BCUT2D eigenvalue weighted by molar-refractivity contribution is 5.93. The Labute approximate surface area is 122 Å². The van der Waals surface area contributed by atoms with Crippen molar-refractivity contribution in [2.45, 2.75) is 13.3 Å². The molecule has 0 bridgehead atoms. The molecule has 110 valence electrons. The predicted octanol–water partition coefficient (Wildman–Crippen LogP) is 1.55. The molecule has 2 amide bonds. The van der Waals surface area contributed by atoms with Gasteiger partial charge in [0.05, 0.1) is 13.0 Å². The molecule has 0 aliphatic rings. The first kappa shape index (κ1) is 14.6. The van der Waals surface area contributed by atoms with E-state index in [1.165, 1.54) is 0 Å². The van der Waals surface area contributed by atoms with Gasteiger partial charge < -0.3 is 9.72 Å². The van der Waals surface area contributed by atoms with Crippen LogP contribution in [0.15, 0.2) is 42.6 Å². The Bertz CT molecular complexity index is 608. The second-order valence-electron chi connectivity index (χ2n) is 4.45. The van der Waals surface area contributed by atoms with E-state index >= 15 is 0 Å². The zero-order valence-electron chi connectivity index (χ0n) is 11.7. The Hall–Kier alpha value is -2.76. The fourth-order valence-corrected chi connectivity index (χ4v) is 1.70. The number of aryl methyl sites for hydroxylation is 1. The van der Waals surface area contributed by atoms with Crippen molar-refractivity contribution < 1.29 is 14.3 Å². The molecule has 6 nitrogen and oxygen atoms in total. The van der Waals surface area contributed by atoms with Crippen LogP contribution in [0.4, 0.5) is 0 Å². The molecule has 0 aliphatic carbocycles. The van der Waals surface area contributed by atoms with Crippen LogP contribution in [0.5, 0.6) is 5.75 Å². The minimum atomic E-state index is -0.395. The number of ether oxygens (including phenoxy) is 1. The standard InChI is InChI=1S/C15H17N3O3/c1-11-5-2-3-7-13(11)21-10-8-14(19)17-18-15(20)12-6-4-9-16-12/h2-7,9,16H,8,10H2,1H3,(H,17,19)(H,18,20). The first-order valence-corrected chi connectivity index (χ1v) is 6.58. The lowest BCUT2D eigenvalue weighted by Gasteiger charge is -2.09. The van der Waals surface area contributed by atoms with Gasteiger partial charge in [-0.25, -0.2) is 0 Å². The number of benzene rings is 1. The Morgan fingerprint density at radius 2 is 1.95 bits per heavy atom. The van der Waals surface area contributed by atoms with Gasteiger partial charge in [-0.05, 0) is 30.7 Å². The summed E-state index contributed by atoms with van der Waals surface area (Å²) in [6, 6.07) is 10.9. The molecule has 0 saturated carbocycles.